The first-order chi connectivity index (χ1) is 13.5. The largest absolute Gasteiger partial charge is 0.452 e. The topological polar surface area (TPSA) is 71.2 Å². The fourth-order valence-corrected chi connectivity index (χ4v) is 3.70. The predicted octanol–water partition coefficient (Wildman–Crippen LogP) is 4.23. The number of fused-ring (bicyclic) bond motifs is 3. The van der Waals surface area contributed by atoms with Crippen molar-refractivity contribution < 1.29 is 18.7 Å². The van der Waals surface area contributed by atoms with Crippen LogP contribution >= 0.6 is 0 Å². The van der Waals surface area contributed by atoms with Gasteiger partial charge in [0.2, 0.25) is 0 Å². The predicted molar refractivity (Wildman–Crippen MR) is 105 cm³/mol. The fraction of sp³-hybridized carbons (Fsp3) is 0.273. The summed E-state index contributed by atoms with van der Waals surface area (Å²) in [6, 6.07) is 10.9. The van der Waals surface area contributed by atoms with Crippen LogP contribution in [-0.4, -0.2) is 23.5 Å². The lowest BCUT2D eigenvalue weighted by Gasteiger charge is -2.18. The molecule has 1 aliphatic carbocycles. The van der Waals surface area contributed by atoms with Crippen molar-refractivity contribution in [3.8, 4) is 0 Å². The first-order valence-electron chi connectivity index (χ1n) is 9.35. The van der Waals surface area contributed by atoms with Gasteiger partial charge in [-0.25, -0.2) is 9.18 Å². The number of esters is 1. The Balaban J connectivity index is 1.44. The lowest BCUT2D eigenvalue weighted by atomic mass is 9.87. The van der Waals surface area contributed by atoms with Gasteiger partial charge in [0.05, 0.1) is 5.56 Å². The molecule has 144 valence electrons. The number of carbonyl (C=O) groups is 2. The summed E-state index contributed by atoms with van der Waals surface area (Å²) in [6.45, 7) is 1.80. The maximum atomic E-state index is 13.2. The van der Waals surface area contributed by atoms with Crippen LogP contribution in [0.3, 0.4) is 0 Å². The van der Waals surface area contributed by atoms with Crippen LogP contribution in [0.2, 0.25) is 0 Å². The van der Waals surface area contributed by atoms with Gasteiger partial charge < -0.3 is 15.0 Å². The van der Waals surface area contributed by atoms with Crippen molar-refractivity contribution in [2.75, 3.05) is 11.9 Å². The van der Waals surface area contributed by atoms with Gasteiger partial charge in [-0.3, -0.25) is 4.79 Å². The Kier molecular flexibility index (Phi) is 4.86. The molecular weight excluding hydrogens is 359 g/mol. The molecule has 0 radical (unpaired) electrons. The molecule has 2 aromatic carbocycles. The van der Waals surface area contributed by atoms with Gasteiger partial charge in [0.15, 0.2) is 6.61 Å². The van der Waals surface area contributed by atoms with Crippen molar-refractivity contribution in [1.82, 2.24) is 4.98 Å². The third-order valence-corrected chi connectivity index (χ3v) is 5.11. The van der Waals surface area contributed by atoms with Crippen LogP contribution in [0, 0.1) is 11.7 Å². The molecule has 0 bridgehead atoms. The van der Waals surface area contributed by atoms with Crippen LogP contribution in [0.15, 0.2) is 42.5 Å². The second kappa shape index (κ2) is 7.46. The molecule has 28 heavy (non-hydrogen) atoms. The number of hydrogen-bond donors (Lipinski definition) is 2. The summed E-state index contributed by atoms with van der Waals surface area (Å²) in [4.78, 5) is 27.8. The third-order valence-electron chi connectivity index (χ3n) is 5.11. The number of amides is 1. The maximum absolute atomic E-state index is 13.2. The van der Waals surface area contributed by atoms with Crippen LogP contribution in [0.4, 0.5) is 10.1 Å². The molecule has 2 N–H and O–H groups in total. The van der Waals surface area contributed by atoms with Crippen molar-refractivity contribution in [3.63, 3.8) is 0 Å². The molecule has 1 aromatic heterocycles. The van der Waals surface area contributed by atoms with Crippen molar-refractivity contribution in [3.05, 3.63) is 65.1 Å². The summed E-state index contributed by atoms with van der Waals surface area (Å²) in [5, 5.41) is 3.54. The Morgan fingerprint density at radius 3 is 2.93 bits per heavy atom. The number of rotatable bonds is 4. The summed E-state index contributed by atoms with van der Waals surface area (Å²) >= 11 is 0. The molecule has 1 heterocycles. The number of halogens is 1. The van der Waals surface area contributed by atoms with Gasteiger partial charge in [-0.2, -0.15) is 0 Å². The Hall–Kier alpha value is -3.15. The van der Waals surface area contributed by atoms with Crippen molar-refractivity contribution in [1.29, 1.82) is 0 Å². The number of aryl methyl sites for hydroxylation is 1. The normalized spacial score (nSPS) is 15.9. The number of aromatic amines is 1. The molecule has 0 spiro atoms. The van der Waals surface area contributed by atoms with Crippen molar-refractivity contribution in [2.24, 2.45) is 5.92 Å². The van der Waals surface area contributed by atoms with E-state index in [1.807, 2.05) is 12.1 Å². The van der Waals surface area contributed by atoms with Crippen molar-refractivity contribution in [2.45, 2.75) is 26.2 Å². The molecule has 0 fully saturated rings. The third kappa shape index (κ3) is 3.76. The van der Waals surface area contributed by atoms with Crippen molar-refractivity contribution >= 4 is 28.5 Å². The number of benzene rings is 2. The molecule has 5 nitrogen and oxygen atoms in total. The van der Waals surface area contributed by atoms with E-state index < -0.39 is 24.3 Å². The minimum atomic E-state index is -0.560. The SMILES string of the molecule is C[C@@H]1CCc2[nH]c3ccc(C(=O)OCC(=O)Nc4cccc(F)c4)cc3c2C1. The first kappa shape index (κ1) is 18.2. The molecule has 1 amide bonds. The molecule has 1 atom stereocenters. The Morgan fingerprint density at radius 1 is 1.25 bits per heavy atom. The summed E-state index contributed by atoms with van der Waals surface area (Å²) in [5.41, 5.74) is 4.25. The van der Waals surface area contributed by atoms with E-state index in [2.05, 4.69) is 17.2 Å². The molecule has 1 aliphatic rings. The monoisotopic (exact) mass is 380 g/mol. The van der Waals surface area contributed by atoms with Gasteiger partial charge in [0, 0.05) is 22.3 Å². The lowest BCUT2D eigenvalue weighted by Crippen LogP contribution is -2.21. The molecule has 0 saturated carbocycles. The minimum absolute atomic E-state index is 0.315. The van der Waals surface area contributed by atoms with E-state index in [9.17, 15) is 14.0 Å². The van der Waals surface area contributed by atoms with Gasteiger partial charge in [-0.1, -0.05) is 13.0 Å². The zero-order chi connectivity index (χ0) is 19.7. The average Bonchev–Trinajstić information content (AvgIpc) is 3.03. The van der Waals surface area contributed by atoms with Gasteiger partial charge in [-0.05, 0) is 67.1 Å². The highest BCUT2D eigenvalue weighted by Gasteiger charge is 2.21. The van der Waals surface area contributed by atoms with Crippen LogP contribution in [0.1, 0.15) is 35.0 Å². The fourth-order valence-electron chi connectivity index (χ4n) is 3.70. The van der Waals surface area contributed by atoms with E-state index in [-0.39, 0.29) is 0 Å². The van der Waals surface area contributed by atoms with Crippen LogP contribution in [-0.2, 0) is 22.4 Å². The number of nitrogens with one attached hydrogen (secondary N) is 2. The Bertz CT molecular complexity index is 1060. The number of aromatic nitrogens is 1. The molecule has 6 heteroatoms. The Morgan fingerprint density at radius 2 is 2.11 bits per heavy atom. The van der Waals surface area contributed by atoms with E-state index in [1.165, 1.54) is 29.5 Å². The van der Waals surface area contributed by atoms with Gasteiger partial charge in [0.25, 0.3) is 5.91 Å². The molecule has 0 unspecified atom stereocenters. The van der Waals surface area contributed by atoms with Gasteiger partial charge >= 0.3 is 5.97 Å². The highest BCUT2D eigenvalue weighted by Crippen LogP contribution is 2.32. The number of anilines is 1. The molecule has 0 saturated heterocycles. The second-order valence-electron chi connectivity index (χ2n) is 7.33. The highest BCUT2D eigenvalue weighted by atomic mass is 19.1. The zero-order valence-electron chi connectivity index (χ0n) is 15.5. The van der Waals surface area contributed by atoms with E-state index in [4.69, 9.17) is 4.74 Å². The number of hydrogen-bond acceptors (Lipinski definition) is 3. The molecule has 0 aliphatic heterocycles. The molecule has 3 aromatic rings. The standard InChI is InChI=1S/C22H21FN2O3/c1-13-5-7-19-17(9-13)18-10-14(6-8-20(18)25-19)22(27)28-12-21(26)24-16-4-2-3-15(23)11-16/h2-4,6,8,10-11,13,25H,5,7,9,12H2,1H3,(H,24,26)/t13-/m1/s1. The summed E-state index contributed by atoms with van der Waals surface area (Å²) < 4.78 is 18.3. The average molecular weight is 380 g/mol. The van der Waals surface area contributed by atoms with E-state index in [1.54, 1.807) is 12.1 Å². The maximum Gasteiger partial charge on any atom is 0.338 e. The summed E-state index contributed by atoms with van der Waals surface area (Å²) in [7, 11) is 0. The minimum Gasteiger partial charge on any atom is -0.452 e. The van der Waals surface area contributed by atoms with E-state index >= 15 is 0 Å². The molecule has 4 rings (SSSR count). The van der Waals surface area contributed by atoms with Crippen LogP contribution < -0.4 is 5.32 Å². The molecular formula is C22H21FN2O3. The number of ether oxygens (including phenoxy) is 1. The van der Waals surface area contributed by atoms with Gasteiger partial charge in [0.1, 0.15) is 5.82 Å². The van der Waals surface area contributed by atoms with Crippen LogP contribution in [0.25, 0.3) is 10.9 Å². The summed E-state index contributed by atoms with van der Waals surface area (Å²) in [5.74, 6) is -0.913. The zero-order valence-corrected chi connectivity index (χ0v) is 15.5. The first-order valence-corrected chi connectivity index (χ1v) is 9.35. The van der Waals surface area contributed by atoms with Gasteiger partial charge in [-0.15, -0.1) is 0 Å². The smallest absolute Gasteiger partial charge is 0.338 e. The Labute approximate surface area is 161 Å². The van der Waals surface area contributed by atoms with Crippen LogP contribution in [0.5, 0.6) is 0 Å². The lowest BCUT2D eigenvalue weighted by molar-refractivity contribution is -0.119. The number of carbonyl (C=O) groups excluding carboxylic acids is 2. The van der Waals surface area contributed by atoms with E-state index in [0.717, 1.165) is 30.2 Å². The highest BCUT2D eigenvalue weighted by molar-refractivity contribution is 5.98. The number of H-pyrrole nitrogens is 1. The second-order valence-corrected chi connectivity index (χ2v) is 7.33. The summed E-state index contributed by atoms with van der Waals surface area (Å²) in [6.07, 6.45) is 3.17. The van der Waals surface area contributed by atoms with E-state index in [0.29, 0.717) is 17.2 Å². The quantitative estimate of drug-likeness (QED) is 0.666.